The Bertz CT molecular complexity index is 351. The van der Waals surface area contributed by atoms with Gasteiger partial charge >= 0.3 is 0 Å². The van der Waals surface area contributed by atoms with Crippen LogP contribution in [0.15, 0.2) is 5.16 Å². The van der Waals surface area contributed by atoms with Crippen LogP contribution in [0.25, 0.3) is 0 Å². The lowest BCUT2D eigenvalue weighted by atomic mass is 10.6. The molecule has 1 aliphatic rings. The number of nitrogens with zero attached hydrogens (tertiary/aromatic N) is 3. The number of ether oxygens (including phenoxy) is 1. The fraction of sp³-hybridized carbons (Fsp3) is 0.571. The Morgan fingerprint density at radius 1 is 1.71 bits per heavy atom. The molecule has 1 amide bonds. The second-order valence-corrected chi connectivity index (χ2v) is 3.85. The van der Waals surface area contributed by atoms with Crippen molar-refractivity contribution in [2.75, 3.05) is 24.8 Å². The summed E-state index contributed by atoms with van der Waals surface area (Å²) in [5.41, 5.74) is 0. The number of methoxy groups -OCH3 is 1. The molecule has 0 atom stereocenters. The van der Waals surface area contributed by atoms with Crippen molar-refractivity contribution in [1.82, 2.24) is 14.8 Å². The lowest BCUT2D eigenvalue weighted by molar-refractivity contribution is -0.119. The van der Waals surface area contributed by atoms with Gasteiger partial charge in [0.05, 0.1) is 0 Å². The number of carbonyl (C=O) groups excluding carboxylic acids is 1. The summed E-state index contributed by atoms with van der Waals surface area (Å²) in [6.07, 6.45) is 0. The lowest BCUT2D eigenvalue weighted by Gasteiger charge is -2.03. The van der Waals surface area contributed by atoms with Gasteiger partial charge in [0.25, 0.3) is 5.91 Å². The van der Waals surface area contributed by atoms with Gasteiger partial charge in [-0.2, -0.15) is 0 Å². The first-order valence-corrected chi connectivity index (χ1v) is 5.14. The first kappa shape index (κ1) is 9.47. The molecule has 0 aromatic carbocycles. The average Bonchev–Trinajstić information content (AvgIpc) is 2.70. The molecule has 7 heteroatoms. The van der Waals surface area contributed by atoms with E-state index >= 15 is 0 Å². The number of carbonyl (C=O) groups is 1. The summed E-state index contributed by atoms with van der Waals surface area (Å²) in [6.45, 7) is 0.880. The Morgan fingerprint density at radius 2 is 2.57 bits per heavy atom. The average molecular weight is 214 g/mol. The SMILES string of the molecule is COCC(=O)Nc1nnc2n1CCS2. The smallest absolute Gasteiger partial charge is 0.252 e. The van der Waals surface area contributed by atoms with Crippen LogP contribution in [-0.4, -0.2) is 40.1 Å². The summed E-state index contributed by atoms with van der Waals surface area (Å²) in [5, 5.41) is 11.3. The molecule has 0 fully saturated rings. The van der Waals surface area contributed by atoms with Gasteiger partial charge in [-0.15, -0.1) is 10.2 Å². The van der Waals surface area contributed by atoms with E-state index in [1.165, 1.54) is 7.11 Å². The molecule has 0 spiro atoms. The molecule has 2 rings (SSSR count). The van der Waals surface area contributed by atoms with Gasteiger partial charge in [-0.1, -0.05) is 11.8 Å². The van der Waals surface area contributed by atoms with E-state index < -0.39 is 0 Å². The highest BCUT2D eigenvalue weighted by Crippen LogP contribution is 2.25. The Labute approximate surface area is 85.0 Å². The van der Waals surface area contributed by atoms with E-state index in [9.17, 15) is 4.79 Å². The minimum absolute atomic E-state index is 0.0370. The molecule has 0 unspecified atom stereocenters. The van der Waals surface area contributed by atoms with Crippen molar-refractivity contribution in [3.8, 4) is 0 Å². The summed E-state index contributed by atoms with van der Waals surface area (Å²) in [6, 6.07) is 0. The van der Waals surface area contributed by atoms with Crippen LogP contribution in [0.1, 0.15) is 0 Å². The zero-order chi connectivity index (χ0) is 9.97. The molecule has 1 aromatic rings. The number of anilines is 1. The molecular weight excluding hydrogens is 204 g/mol. The van der Waals surface area contributed by atoms with Gasteiger partial charge in [0.1, 0.15) is 6.61 Å². The number of hydrogen-bond donors (Lipinski definition) is 1. The molecule has 1 N–H and O–H groups in total. The molecule has 0 radical (unpaired) electrons. The topological polar surface area (TPSA) is 69.0 Å². The number of fused-ring (bicyclic) bond motifs is 1. The van der Waals surface area contributed by atoms with E-state index in [0.29, 0.717) is 5.95 Å². The summed E-state index contributed by atoms with van der Waals surface area (Å²) in [4.78, 5) is 11.2. The van der Waals surface area contributed by atoms with Crippen LogP contribution in [0.5, 0.6) is 0 Å². The van der Waals surface area contributed by atoms with E-state index in [2.05, 4.69) is 15.5 Å². The van der Waals surface area contributed by atoms with Gasteiger partial charge in [-0.3, -0.25) is 14.7 Å². The van der Waals surface area contributed by atoms with Crippen LogP contribution in [-0.2, 0) is 16.1 Å². The molecule has 14 heavy (non-hydrogen) atoms. The zero-order valence-electron chi connectivity index (χ0n) is 7.69. The summed E-state index contributed by atoms with van der Waals surface area (Å²) >= 11 is 1.64. The summed E-state index contributed by atoms with van der Waals surface area (Å²) in [5.74, 6) is 1.28. The first-order chi connectivity index (χ1) is 6.81. The van der Waals surface area contributed by atoms with Crippen molar-refractivity contribution in [3.05, 3.63) is 0 Å². The standard InChI is InChI=1S/C7H10N4O2S/c1-13-4-5(12)8-6-9-10-7-11(6)2-3-14-7/h2-4H2,1H3,(H,8,9,12). The molecule has 0 saturated carbocycles. The van der Waals surface area contributed by atoms with E-state index in [0.717, 1.165) is 17.5 Å². The number of amides is 1. The van der Waals surface area contributed by atoms with Gasteiger partial charge in [0.15, 0.2) is 5.16 Å². The molecule has 1 aromatic heterocycles. The zero-order valence-corrected chi connectivity index (χ0v) is 8.50. The van der Waals surface area contributed by atoms with E-state index in [-0.39, 0.29) is 12.5 Å². The fourth-order valence-electron chi connectivity index (χ4n) is 1.21. The van der Waals surface area contributed by atoms with Gasteiger partial charge in [0.2, 0.25) is 5.95 Å². The number of thioether (sulfide) groups is 1. The second-order valence-electron chi connectivity index (χ2n) is 2.79. The number of hydrogen-bond acceptors (Lipinski definition) is 5. The molecule has 0 aliphatic carbocycles. The Hall–Kier alpha value is -1.08. The van der Waals surface area contributed by atoms with Gasteiger partial charge in [0, 0.05) is 19.4 Å². The van der Waals surface area contributed by atoms with Crippen LogP contribution in [0.4, 0.5) is 5.95 Å². The highest BCUT2D eigenvalue weighted by molar-refractivity contribution is 7.99. The van der Waals surface area contributed by atoms with Crippen molar-refractivity contribution in [2.24, 2.45) is 0 Å². The fourth-order valence-corrected chi connectivity index (χ4v) is 2.10. The van der Waals surface area contributed by atoms with Crippen molar-refractivity contribution in [1.29, 1.82) is 0 Å². The van der Waals surface area contributed by atoms with E-state index in [1.807, 2.05) is 4.57 Å². The Morgan fingerprint density at radius 3 is 3.36 bits per heavy atom. The quantitative estimate of drug-likeness (QED) is 0.765. The minimum Gasteiger partial charge on any atom is -0.375 e. The van der Waals surface area contributed by atoms with Crippen LogP contribution in [0.3, 0.4) is 0 Å². The van der Waals surface area contributed by atoms with Crippen molar-refractivity contribution in [3.63, 3.8) is 0 Å². The van der Waals surface area contributed by atoms with Crippen LogP contribution < -0.4 is 5.32 Å². The van der Waals surface area contributed by atoms with Crippen molar-refractivity contribution >= 4 is 23.6 Å². The summed E-state index contributed by atoms with van der Waals surface area (Å²) in [7, 11) is 1.48. The van der Waals surface area contributed by atoms with Gasteiger partial charge < -0.3 is 4.74 Å². The van der Waals surface area contributed by atoms with Gasteiger partial charge in [-0.25, -0.2) is 0 Å². The van der Waals surface area contributed by atoms with Crippen molar-refractivity contribution in [2.45, 2.75) is 11.7 Å². The summed E-state index contributed by atoms with van der Waals surface area (Å²) < 4.78 is 6.58. The van der Waals surface area contributed by atoms with Crippen LogP contribution in [0, 0.1) is 0 Å². The predicted octanol–water partition coefficient (Wildman–Crippen LogP) is -0.0313. The molecule has 76 valence electrons. The Balaban J connectivity index is 2.06. The van der Waals surface area contributed by atoms with E-state index in [4.69, 9.17) is 4.74 Å². The Kier molecular flexibility index (Phi) is 2.69. The van der Waals surface area contributed by atoms with Crippen LogP contribution >= 0.6 is 11.8 Å². The largest absolute Gasteiger partial charge is 0.375 e. The maximum atomic E-state index is 11.2. The normalized spacial score (nSPS) is 14.1. The molecule has 0 bridgehead atoms. The van der Waals surface area contributed by atoms with Crippen molar-refractivity contribution < 1.29 is 9.53 Å². The molecular formula is C7H10N4O2S. The predicted molar refractivity (Wildman–Crippen MR) is 51.3 cm³/mol. The highest BCUT2D eigenvalue weighted by Gasteiger charge is 2.18. The minimum atomic E-state index is -0.209. The maximum Gasteiger partial charge on any atom is 0.252 e. The highest BCUT2D eigenvalue weighted by atomic mass is 32.2. The lowest BCUT2D eigenvalue weighted by Crippen LogP contribution is -2.19. The molecule has 1 aliphatic heterocycles. The third-order valence-electron chi connectivity index (χ3n) is 1.79. The number of nitrogens with one attached hydrogen (secondary N) is 1. The third-order valence-corrected chi connectivity index (χ3v) is 2.74. The first-order valence-electron chi connectivity index (χ1n) is 4.16. The number of rotatable bonds is 3. The maximum absolute atomic E-state index is 11.2. The monoisotopic (exact) mass is 214 g/mol. The molecule has 0 saturated heterocycles. The van der Waals surface area contributed by atoms with Gasteiger partial charge in [-0.05, 0) is 0 Å². The van der Waals surface area contributed by atoms with E-state index in [1.54, 1.807) is 11.8 Å². The third kappa shape index (κ3) is 1.73. The number of aromatic nitrogens is 3. The molecule has 2 heterocycles. The van der Waals surface area contributed by atoms with Crippen LogP contribution in [0.2, 0.25) is 0 Å². The molecule has 6 nitrogen and oxygen atoms in total. The second kappa shape index (κ2) is 3.97.